The maximum atomic E-state index is 12.8. The van der Waals surface area contributed by atoms with E-state index in [1.54, 1.807) is 18.3 Å². The lowest BCUT2D eigenvalue weighted by molar-refractivity contribution is 0.0690. The number of nitrogens with zero attached hydrogens (tertiary/aromatic N) is 3. The molecular weight excluding hydrogens is 342 g/mol. The average Bonchev–Trinajstić information content (AvgIpc) is 3.16. The predicted molar refractivity (Wildman–Crippen MR) is 101 cm³/mol. The second-order valence-corrected chi connectivity index (χ2v) is 7.01. The van der Waals surface area contributed by atoms with Crippen LogP contribution in [-0.4, -0.2) is 44.4 Å². The summed E-state index contributed by atoms with van der Waals surface area (Å²) in [6, 6.07) is 10.9. The minimum Gasteiger partial charge on any atom is -0.478 e. The third kappa shape index (κ3) is 3.56. The van der Waals surface area contributed by atoms with Gasteiger partial charge in [-0.15, -0.1) is 0 Å². The van der Waals surface area contributed by atoms with Gasteiger partial charge in [-0.1, -0.05) is 18.2 Å². The molecule has 1 saturated heterocycles. The van der Waals surface area contributed by atoms with Crippen molar-refractivity contribution >= 4 is 17.5 Å². The Morgan fingerprint density at radius 1 is 1.11 bits per heavy atom. The zero-order valence-corrected chi connectivity index (χ0v) is 14.9. The molecule has 0 saturated carbocycles. The molecule has 0 bridgehead atoms. The van der Waals surface area contributed by atoms with E-state index in [0.29, 0.717) is 30.1 Å². The van der Waals surface area contributed by atoms with Gasteiger partial charge in [0.15, 0.2) is 0 Å². The zero-order chi connectivity index (χ0) is 18.8. The molecule has 1 aliphatic rings. The van der Waals surface area contributed by atoms with Crippen LogP contribution in [0.25, 0.3) is 5.65 Å². The molecule has 4 rings (SSSR count). The second-order valence-electron chi connectivity index (χ2n) is 7.01. The van der Waals surface area contributed by atoms with Gasteiger partial charge in [0.2, 0.25) is 0 Å². The minimum absolute atomic E-state index is 0.0370. The number of amides is 1. The number of carboxylic acids is 1. The van der Waals surface area contributed by atoms with Crippen LogP contribution in [0.15, 0.2) is 55.0 Å². The number of imidazole rings is 1. The topological polar surface area (TPSA) is 74.9 Å². The molecule has 0 radical (unpaired) electrons. The summed E-state index contributed by atoms with van der Waals surface area (Å²) >= 11 is 0. The summed E-state index contributed by atoms with van der Waals surface area (Å²) in [5.74, 6) is -0.450. The molecule has 3 heterocycles. The van der Waals surface area contributed by atoms with E-state index in [-0.39, 0.29) is 5.91 Å². The average molecular weight is 363 g/mol. The summed E-state index contributed by atoms with van der Waals surface area (Å²) in [6.45, 7) is 1.39. The van der Waals surface area contributed by atoms with Crippen molar-refractivity contribution in [2.24, 2.45) is 5.92 Å². The Hall–Kier alpha value is -3.15. The SMILES string of the molecule is O=C(O)c1ccccc1CC1CCN(C(=O)c2ccc3nccn3c2)CC1. The number of carboxylic acid groups (broad SMARTS) is 1. The van der Waals surface area contributed by atoms with Crippen LogP contribution >= 0.6 is 0 Å². The first-order valence-electron chi connectivity index (χ1n) is 9.15. The molecule has 1 N–H and O–H groups in total. The number of carbonyl (C=O) groups excluding carboxylic acids is 1. The molecule has 1 aliphatic heterocycles. The third-order valence-corrected chi connectivity index (χ3v) is 5.29. The number of hydrogen-bond donors (Lipinski definition) is 1. The number of hydrogen-bond acceptors (Lipinski definition) is 3. The number of fused-ring (bicyclic) bond motifs is 1. The summed E-state index contributed by atoms with van der Waals surface area (Å²) in [4.78, 5) is 30.2. The fourth-order valence-electron chi connectivity index (χ4n) is 3.79. The number of rotatable bonds is 4. The van der Waals surface area contributed by atoms with Crippen LogP contribution in [0, 0.1) is 5.92 Å². The van der Waals surface area contributed by atoms with Crippen LogP contribution in [0.5, 0.6) is 0 Å². The summed E-state index contributed by atoms with van der Waals surface area (Å²) < 4.78 is 1.85. The van der Waals surface area contributed by atoms with Crippen LogP contribution in [0.4, 0.5) is 0 Å². The van der Waals surface area contributed by atoms with E-state index in [1.807, 2.05) is 46.0 Å². The highest BCUT2D eigenvalue weighted by Gasteiger charge is 2.25. The normalized spacial score (nSPS) is 15.2. The second kappa shape index (κ2) is 7.23. The van der Waals surface area contributed by atoms with Crippen LogP contribution < -0.4 is 0 Å². The molecule has 0 aliphatic carbocycles. The van der Waals surface area contributed by atoms with Crippen molar-refractivity contribution in [1.82, 2.24) is 14.3 Å². The van der Waals surface area contributed by atoms with E-state index in [0.717, 1.165) is 30.5 Å². The molecule has 1 aromatic carbocycles. The maximum Gasteiger partial charge on any atom is 0.335 e. The van der Waals surface area contributed by atoms with Gasteiger partial charge in [0.1, 0.15) is 5.65 Å². The number of likely N-dealkylation sites (tertiary alicyclic amines) is 1. The molecular formula is C21H21N3O3. The van der Waals surface area contributed by atoms with Gasteiger partial charge in [0.25, 0.3) is 5.91 Å². The first-order chi connectivity index (χ1) is 13.1. The first kappa shape index (κ1) is 17.3. The number of aromatic carboxylic acids is 1. The molecule has 1 amide bonds. The smallest absolute Gasteiger partial charge is 0.335 e. The Labute approximate surface area is 157 Å². The number of carbonyl (C=O) groups is 2. The summed E-state index contributed by atoms with van der Waals surface area (Å²) in [7, 11) is 0. The Morgan fingerprint density at radius 2 is 1.89 bits per heavy atom. The number of pyridine rings is 1. The Bertz CT molecular complexity index is 987. The molecule has 0 unspecified atom stereocenters. The van der Waals surface area contributed by atoms with Crippen molar-refractivity contribution in [3.05, 3.63) is 71.7 Å². The lowest BCUT2D eigenvalue weighted by Crippen LogP contribution is -2.39. The summed E-state index contributed by atoms with van der Waals surface area (Å²) in [6.07, 6.45) is 7.87. The summed E-state index contributed by atoms with van der Waals surface area (Å²) in [5.41, 5.74) is 2.74. The lowest BCUT2D eigenvalue weighted by Gasteiger charge is -2.32. The summed E-state index contributed by atoms with van der Waals surface area (Å²) in [5, 5.41) is 9.34. The molecule has 0 atom stereocenters. The van der Waals surface area contributed by atoms with Gasteiger partial charge < -0.3 is 14.4 Å². The molecule has 0 spiro atoms. The fraction of sp³-hybridized carbons (Fsp3) is 0.286. The van der Waals surface area contributed by atoms with Crippen LogP contribution in [0.1, 0.15) is 39.1 Å². The largest absolute Gasteiger partial charge is 0.478 e. The highest BCUT2D eigenvalue weighted by molar-refractivity contribution is 5.94. The Kier molecular flexibility index (Phi) is 4.62. The van der Waals surface area contributed by atoms with Crippen molar-refractivity contribution < 1.29 is 14.7 Å². The van der Waals surface area contributed by atoms with Gasteiger partial charge in [0, 0.05) is 31.7 Å². The third-order valence-electron chi connectivity index (χ3n) is 5.29. The van der Waals surface area contributed by atoms with Gasteiger partial charge in [-0.2, -0.15) is 0 Å². The van der Waals surface area contributed by atoms with Crippen molar-refractivity contribution in [2.45, 2.75) is 19.3 Å². The Morgan fingerprint density at radius 3 is 2.67 bits per heavy atom. The van der Waals surface area contributed by atoms with Gasteiger partial charge in [-0.3, -0.25) is 4.79 Å². The highest BCUT2D eigenvalue weighted by Crippen LogP contribution is 2.24. The molecule has 1 fully saturated rings. The molecule has 27 heavy (non-hydrogen) atoms. The van der Waals surface area contributed by atoms with Crippen molar-refractivity contribution in [1.29, 1.82) is 0 Å². The number of benzene rings is 1. The van der Waals surface area contributed by atoms with E-state index in [9.17, 15) is 14.7 Å². The van der Waals surface area contributed by atoms with Crippen molar-refractivity contribution in [3.63, 3.8) is 0 Å². The quantitative estimate of drug-likeness (QED) is 0.773. The lowest BCUT2D eigenvalue weighted by atomic mass is 9.88. The molecule has 6 heteroatoms. The number of aromatic nitrogens is 2. The number of piperidine rings is 1. The van der Waals surface area contributed by atoms with E-state index in [1.165, 1.54) is 0 Å². The van der Waals surface area contributed by atoms with Crippen molar-refractivity contribution in [2.75, 3.05) is 13.1 Å². The van der Waals surface area contributed by atoms with E-state index in [4.69, 9.17) is 0 Å². The zero-order valence-electron chi connectivity index (χ0n) is 14.9. The monoisotopic (exact) mass is 363 g/mol. The Balaban J connectivity index is 1.40. The maximum absolute atomic E-state index is 12.8. The standard InChI is InChI=1S/C21H21N3O3/c25-20(17-5-6-19-22-9-12-24(19)14-17)23-10-7-15(8-11-23)13-16-3-1-2-4-18(16)21(26)27/h1-6,9,12,14-15H,7-8,10-11,13H2,(H,26,27). The van der Waals surface area contributed by atoms with E-state index >= 15 is 0 Å². The molecule has 3 aromatic rings. The van der Waals surface area contributed by atoms with Gasteiger partial charge in [0.05, 0.1) is 11.1 Å². The van der Waals surface area contributed by atoms with Crippen molar-refractivity contribution in [3.8, 4) is 0 Å². The van der Waals surface area contributed by atoms with E-state index < -0.39 is 5.97 Å². The molecule has 138 valence electrons. The first-order valence-corrected chi connectivity index (χ1v) is 9.15. The fourth-order valence-corrected chi connectivity index (χ4v) is 3.79. The van der Waals surface area contributed by atoms with Crippen LogP contribution in [0.3, 0.4) is 0 Å². The van der Waals surface area contributed by atoms with E-state index in [2.05, 4.69) is 4.98 Å². The minimum atomic E-state index is -0.881. The van der Waals surface area contributed by atoms with Gasteiger partial charge >= 0.3 is 5.97 Å². The molecule has 2 aromatic heterocycles. The van der Waals surface area contributed by atoms with Crippen LogP contribution in [-0.2, 0) is 6.42 Å². The highest BCUT2D eigenvalue weighted by atomic mass is 16.4. The van der Waals surface area contributed by atoms with Crippen LogP contribution in [0.2, 0.25) is 0 Å². The van der Waals surface area contributed by atoms with Gasteiger partial charge in [-0.25, -0.2) is 9.78 Å². The van der Waals surface area contributed by atoms with Gasteiger partial charge in [-0.05, 0) is 48.9 Å². The molecule has 6 nitrogen and oxygen atoms in total. The predicted octanol–water partition coefficient (Wildman–Crippen LogP) is 3.13.